The number of rotatable bonds is 3. The zero-order valence-corrected chi connectivity index (χ0v) is 11.7. The van der Waals surface area contributed by atoms with Gasteiger partial charge >= 0.3 is 0 Å². The fourth-order valence-electron chi connectivity index (χ4n) is 2.39. The van der Waals surface area contributed by atoms with Crippen LogP contribution in [0.25, 0.3) is 0 Å². The van der Waals surface area contributed by atoms with Crippen LogP contribution >= 0.6 is 12.2 Å². The van der Waals surface area contributed by atoms with Gasteiger partial charge in [0.05, 0.1) is 16.4 Å². The van der Waals surface area contributed by atoms with Gasteiger partial charge in [-0.15, -0.1) is 0 Å². The van der Waals surface area contributed by atoms with Gasteiger partial charge in [-0.25, -0.2) is 0 Å². The summed E-state index contributed by atoms with van der Waals surface area (Å²) < 4.78 is 0. The maximum Gasteiger partial charge on any atom is 0.240 e. The van der Waals surface area contributed by atoms with Crippen molar-refractivity contribution in [2.45, 2.75) is 31.7 Å². The van der Waals surface area contributed by atoms with Crippen molar-refractivity contribution in [1.82, 2.24) is 4.90 Å². The van der Waals surface area contributed by atoms with Crippen LogP contribution in [-0.2, 0) is 15.0 Å². The molecular formula is C14H16N2O2S. The molecule has 5 heteroatoms. The Kier molecular flexibility index (Phi) is 3.41. The molecule has 0 bridgehead atoms. The Morgan fingerprint density at radius 1 is 1.37 bits per heavy atom. The highest BCUT2D eigenvalue weighted by atomic mass is 32.1. The van der Waals surface area contributed by atoms with Gasteiger partial charge in [-0.2, -0.15) is 0 Å². The minimum absolute atomic E-state index is 0.152. The number of hydrogen-bond acceptors (Lipinski definition) is 3. The zero-order chi connectivity index (χ0) is 14.2. The first-order chi connectivity index (χ1) is 8.88. The van der Waals surface area contributed by atoms with Crippen molar-refractivity contribution in [2.24, 2.45) is 5.73 Å². The Hall–Kier alpha value is -1.75. The van der Waals surface area contributed by atoms with Gasteiger partial charge in [-0.05, 0) is 19.4 Å². The van der Waals surface area contributed by atoms with Crippen molar-refractivity contribution in [2.75, 3.05) is 0 Å². The Balaban J connectivity index is 2.40. The van der Waals surface area contributed by atoms with Crippen LogP contribution in [-0.4, -0.2) is 27.7 Å². The molecule has 19 heavy (non-hydrogen) atoms. The Morgan fingerprint density at radius 2 is 1.95 bits per heavy atom. The molecule has 1 aromatic carbocycles. The van der Waals surface area contributed by atoms with Crippen molar-refractivity contribution in [1.29, 1.82) is 0 Å². The van der Waals surface area contributed by atoms with Crippen LogP contribution in [0.3, 0.4) is 0 Å². The van der Waals surface area contributed by atoms with E-state index >= 15 is 0 Å². The molecule has 2 unspecified atom stereocenters. The highest BCUT2D eigenvalue weighted by Gasteiger charge is 2.51. The molecule has 0 spiro atoms. The summed E-state index contributed by atoms with van der Waals surface area (Å²) >= 11 is 4.88. The van der Waals surface area contributed by atoms with Gasteiger partial charge in [0.2, 0.25) is 11.8 Å². The summed E-state index contributed by atoms with van der Waals surface area (Å²) in [4.78, 5) is 26.0. The number of benzene rings is 1. The molecule has 2 rings (SSSR count). The fraction of sp³-hybridized carbons (Fsp3) is 0.357. The lowest BCUT2D eigenvalue weighted by molar-refractivity contribution is -0.140. The Bertz CT molecular complexity index is 544. The van der Waals surface area contributed by atoms with E-state index in [0.29, 0.717) is 0 Å². The number of imide groups is 1. The quantitative estimate of drug-likeness (QED) is 0.669. The zero-order valence-electron chi connectivity index (χ0n) is 10.9. The first kappa shape index (κ1) is 13.7. The summed E-state index contributed by atoms with van der Waals surface area (Å²) in [6.45, 7) is 3.46. The van der Waals surface area contributed by atoms with E-state index in [1.807, 2.05) is 30.3 Å². The topological polar surface area (TPSA) is 63.4 Å². The van der Waals surface area contributed by atoms with Gasteiger partial charge in [0.25, 0.3) is 0 Å². The highest BCUT2D eigenvalue weighted by Crippen LogP contribution is 2.37. The summed E-state index contributed by atoms with van der Waals surface area (Å²) in [7, 11) is 0. The summed E-state index contributed by atoms with van der Waals surface area (Å²) in [5.74, 6) is -0.458. The third-order valence-electron chi connectivity index (χ3n) is 3.67. The minimum Gasteiger partial charge on any atom is -0.392 e. The number of hydrogen-bond donors (Lipinski definition) is 1. The smallest absolute Gasteiger partial charge is 0.240 e. The van der Waals surface area contributed by atoms with Crippen LogP contribution in [0.4, 0.5) is 0 Å². The van der Waals surface area contributed by atoms with Crippen molar-refractivity contribution >= 4 is 29.0 Å². The molecule has 0 aliphatic carbocycles. The lowest BCUT2D eigenvalue weighted by Gasteiger charge is -2.25. The van der Waals surface area contributed by atoms with Gasteiger partial charge in [-0.3, -0.25) is 14.5 Å². The van der Waals surface area contributed by atoms with Crippen LogP contribution in [0, 0.1) is 0 Å². The number of carbonyl (C=O) groups excluding carboxylic acids is 2. The van der Waals surface area contributed by atoms with E-state index in [9.17, 15) is 9.59 Å². The Morgan fingerprint density at radius 3 is 2.47 bits per heavy atom. The molecule has 2 atom stereocenters. The predicted octanol–water partition coefficient (Wildman–Crippen LogP) is 1.38. The number of nitrogens with two attached hydrogens (primary N) is 1. The van der Waals surface area contributed by atoms with Crippen LogP contribution in [0.15, 0.2) is 30.3 Å². The predicted molar refractivity (Wildman–Crippen MR) is 76.5 cm³/mol. The average Bonchev–Trinajstić information content (AvgIpc) is 2.61. The van der Waals surface area contributed by atoms with Crippen LogP contribution in [0.5, 0.6) is 0 Å². The van der Waals surface area contributed by atoms with E-state index in [2.05, 4.69) is 0 Å². The maximum absolute atomic E-state index is 12.6. The molecule has 100 valence electrons. The number of nitrogens with zero attached hydrogens (tertiary/aromatic N) is 1. The number of carbonyl (C=O) groups is 2. The average molecular weight is 276 g/mol. The van der Waals surface area contributed by atoms with Gasteiger partial charge in [0.1, 0.15) is 0 Å². The molecule has 1 aliphatic rings. The number of likely N-dealkylation sites (tertiary alicyclic amines) is 1. The molecule has 2 N–H and O–H groups in total. The second kappa shape index (κ2) is 4.74. The minimum atomic E-state index is -0.822. The number of thiocarbonyl (C=S) groups is 1. The number of amides is 2. The van der Waals surface area contributed by atoms with E-state index < -0.39 is 11.5 Å². The molecule has 1 aliphatic heterocycles. The largest absolute Gasteiger partial charge is 0.392 e. The molecule has 1 fully saturated rings. The second-order valence-corrected chi connectivity index (χ2v) is 5.49. The van der Waals surface area contributed by atoms with Gasteiger partial charge in [0, 0.05) is 6.42 Å². The first-order valence-corrected chi connectivity index (χ1v) is 6.50. The molecule has 0 radical (unpaired) electrons. The van der Waals surface area contributed by atoms with Gasteiger partial charge in [-0.1, -0.05) is 42.5 Å². The van der Waals surface area contributed by atoms with Gasteiger partial charge < -0.3 is 5.73 Å². The molecule has 1 heterocycles. The second-order valence-electron chi connectivity index (χ2n) is 5.02. The summed E-state index contributed by atoms with van der Waals surface area (Å²) in [5, 5.41) is 0. The van der Waals surface area contributed by atoms with Crippen LogP contribution in [0.1, 0.15) is 25.8 Å². The maximum atomic E-state index is 12.6. The fourth-order valence-corrected chi connectivity index (χ4v) is 2.50. The lowest BCUT2D eigenvalue weighted by Crippen LogP contribution is -2.47. The van der Waals surface area contributed by atoms with E-state index in [0.717, 1.165) is 5.56 Å². The third kappa shape index (κ3) is 2.14. The van der Waals surface area contributed by atoms with Crippen molar-refractivity contribution < 1.29 is 9.59 Å². The monoisotopic (exact) mass is 276 g/mol. The summed E-state index contributed by atoms with van der Waals surface area (Å²) in [6.07, 6.45) is 0.156. The van der Waals surface area contributed by atoms with Crippen molar-refractivity contribution in [3.8, 4) is 0 Å². The molecular weight excluding hydrogens is 260 g/mol. The summed E-state index contributed by atoms with van der Waals surface area (Å²) in [5.41, 5.74) is 5.57. The molecule has 1 aromatic rings. The van der Waals surface area contributed by atoms with Crippen LogP contribution < -0.4 is 5.73 Å². The lowest BCUT2D eigenvalue weighted by atomic mass is 9.81. The van der Waals surface area contributed by atoms with Gasteiger partial charge in [0.15, 0.2) is 0 Å². The third-order valence-corrected chi connectivity index (χ3v) is 4.02. The summed E-state index contributed by atoms with van der Waals surface area (Å²) in [6, 6.07) is 8.78. The molecule has 4 nitrogen and oxygen atoms in total. The van der Waals surface area contributed by atoms with E-state index in [1.54, 1.807) is 13.8 Å². The van der Waals surface area contributed by atoms with Crippen molar-refractivity contribution in [3.05, 3.63) is 35.9 Å². The van der Waals surface area contributed by atoms with Crippen LogP contribution in [0.2, 0.25) is 0 Å². The van der Waals surface area contributed by atoms with E-state index in [1.165, 1.54) is 4.90 Å². The Labute approximate surface area is 117 Å². The molecule has 0 aromatic heterocycles. The molecule has 0 saturated carbocycles. The standard InChI is InChI=1S/C14H16N2O2S/c1-9(12(15)19)16-11(17)8-14(2,13(16)18)10-6-4-3-5-7-10/h3-7,9H,8H2,1-2H3,(H2,15,19). The first-order valence-electron chi connectivity index (χ1n) is 6.09. The highest BCUT2D eigenvalue weighted by molar-refractivity contribution is 7.80. The van der Waals surface area contributed by atoms with E-state index in [-0.39, 0.29) is 23.2 Å². The SMILES string of the molecule is CC(C(N)=S)N1C(=O)CC(C)(c2ccccc2)C1=O. The molecule has 2 amide bonds. The van der Waals surface area contributed by atoms with E-state index in [4.69, 9.17) is 18.0 Å². The normalized spacial score (nSPS) is 24.6. The molecule has 1 saturated heterocycles. The van der Waals surface area contributed by atoms with Crippen molar-refractivity contribution in [3.63, 3.8) is 0 Å².